The summed E-state index contributed by atoms with van der Waals surface area (Å²) in [5.41, 5.74) is 2.87. The van der Waals surface area contributed by atoms with Gasteiger partial charge in [0.05, 0.1) is 6.26 Å². The zero-order valence-electron chi connectivity index (χ0n) is 16.1. The number of nitrogens with zero attached hydrogens (tertiary/aromatic N) is 1. The first-order valence-electron chi connectivity index (χ1n) is 10.3. The maximum absolute atomic E-state index is 13.0. The summed E-state index contributed by atoms with van der Waals surface area (Å²) in [5, 5.41) is 0. The van der Waals surface area contributed by atoms with Crippen molar-refractivity contribution in [2.75, 3.05) is 19.3 Å². The highest BCUT2D eigenvalue weighted by Gasteiger charge is 2.47. The van der Waals surface area contributed by atoms with Gasteiger partial charge in [-0.05, 0) is 61.5 Å². The fraction of sp³-hybridized carbons (Fsp3) is 0.667. The zero-order chi connectivity index (χ0) is 19.0. The van der Waals surface area contributed by atoms with Crippen LogP contribution in [0.25, 0.3) is 0 Å². The van der Waals surface area contributed by atoms with Gasteiger partial charge in [-0.3, -0.25) is 4.79 Å². The molecule has 0 radical (unpaired) electrons. The monoisotopic (exact) mass is 390 g/mol. The fourth-order valence-corrected chi connectivity index (χ4v) is 5.56. The van der Waals surface area contributed by atoms with E-state index in [1.807, 2.05) is 4.90 Å². The second-order valence-electron chi connectivity index (χ2n) is 8.55. The van der Waals surface area contributed by atoms with Crippen molar-refractivity contribution < 1.29 is 13.2 Å². The van der Waals surface area contributed by atoms with E-state index >= 15 is 0 Å². The molecule has 4 rings (SSSR count). The summed E-state index contributed by atoms with van der Waals surface area (Å²) >= 11 is 0. The molecule has 2 aliphatic carbocycles. The molecular weight excluding hydrogens is 360 g/mol. The molecule has 0 aromatic heterocycles. The quantitative estimate of drug-likeness (QED) is 0.840. The number of amides is 1. The lowest BCUT2D eigenvalue weighted by molar-refractivity contribution is -0.132. The third kappa shape index (κ3) is 4.37. The highest BCUT2D eigenvalue weighted by molar-refractivity contribution is 7.88. The lowest BCUT2D eigenvalue weighted by Crippen LogP contribution is -2.36. The van der Waals surface area contributed by atoms with Crippen molar-refractivity contribution in [3.63, 3.8) is 0 Å². The van der Waals surface area contributed by atoms with Gasteiger partial charge in [0.15, 0.2) is 0 Å². The van der Waals surface area contributed by atoms with Gasteiger partial charge in [0.25, 0.3) is 0 Å². The Balaban J connectivity index is 1.38. The standard InChI is InChI=1S/C21H30N2O3S/c1-27(25,26)22-16-8-5-12-23(13-11-16)21(24)20-14-19(20)18-10-3-2-9-17(18)15-6-4-7-15/h2-3,9-10,15-16,19-20,22H,4-8,11-14H2,1H3/t16-,19+,20-/m1/s1. The Morgan fingerprint density at radius 1 is 1.04 bits per heavy atom. The maximum Gasteiger partial charge on any atom is 0.226 e. The van der Waals surface area contributed by atoms with Crippen molar-refractivity contribution in [2.24, 2.45) is 5.92 Å². The molecule has 1 N–H and O–H groups in total. The van der Waals surface area contributed by atoms with E-state index in [-0.39, 0.29) is 17.9 Å². The topological polar surface area (TPSA) is 66.5 Å². The van der Waals surface area contributed by atoms with E-state index in [4.69, 9.17) is 0 Å². The van der Waals surface area contributed by atoms with Gasteiger partial charge >= 0.3 is 0 Å². The van der Waals surface area contributed by atoms with Crippen molar-refractivity contribution >= 4 is 15.9 Å². The summed E-state index contributed by atoms with van der Waals surface area (Å²) in [4.78, 5) is 15.0. The van der Waals surface area contributed by atoms with E-state index < -0.39 is 10.0 Å². The Hall–Kier alpha value is -1.40. The van der Waals surface area contributed by atoms with E-state index in [1.165, 1.54) is 36.6 Å². The van der Waals surface area contributed by atoms with Gasteiger partial charge < -0.3 is 4.90 Å². The lowest BCUT2D eigenvalue weighted by Gasteiger charge is -2.28. The molecule has 1 saturated heterocycles. The van der Waals surface area contributed by atoms with Crippen molar-refractivity contribution in [2.45, 2.75) is 62.8 Å². The maximum atomic E-state index is 13.0. The molecule has 6 heteroatoms. The number of likely N-dealkylation sites (tertiary alicyclic amines) is 1. The molecule has 148 valence electrons. The van der Waals surface area contributed by atoms with Crippen LogP contribution in [-0.2, 0) is 14.8 Å². The van der Waals surface area contributed by atoms with E-state index in [0.717, 1.165) is 25.8 Å². The van der Waals surface area contributed by atoms with Crippen LogP contribution in [-0.4, -0.2) is 44.6 Å². The van der Waals surface area contributed by atoms with Gasteiger partial charge in [0.1, 0.15) is 0 Å². The number of benzene rings is 1. The molecule has 0 unspecified atom stereocenters. The Morgan fingerprint density at radius 2 is 1.78 bits per heavy atom. The molecule has 3 fully saturated rings. The summed E-state index contributed by atoms with van der Waals surface area (Å²) in [6.45, 7) is 1.40. The highest BCUT2D eigenvalue weighted by Crippen LogP contribution is 2.52. The molecule has 5 nitrogen and oxygen atoms in total. The number of carbonyl (C=O) groups excluding carboxylic acids is 1. The molecule has 3 atom stereocenters. The van der Waals surface area contributed by atoms with Crippen molar-refractivity contribution in [3.8, 4) is 0 Å². The Labute approximate surface area is 162 Å². The minimum Gasteiger partial charge on any atom is -0.342 e. The Kier molecular flexibility index (Phi) is 5.30. The average Bonchev–Trinajstić information content (AvgIpc) is 3.36. The van der Waals surface area contributed by atoms with E-state index in [9.17, 15) is 13.2 Å². The second-order valence-corrected chi connectivity index (χ2v) is 10.3. The normalized spacial score (nSPS) is 29.1. The number of rotatable bonds is 5. The van der Waals surface area contributed by atoms with Crippen LogP contribution in [0.2, 0.25) is 0 Å². The second kappa shape index (κ2) is 7.55. The van der Waals surface area contributed by atoms with Crippen LogP contribution in [0.15, 0.2) is 24.3 Å². The molecule has 1 aromatic rings. The van der Waals surface area contributed by atoms with E-state index in [0.29, 0.717) is 24.8 Å². The summed E-state index contributed by atoms with van der Waals surface area (Å²) in [6.07, 6.45) is 8.41. The fourth-order valence-electron chi connectivity index (χ4n) is 4.72. The van der Waals surface area contributed by atoms with Gasteiger partial charge in [-0.1, -0.05) is 30.7 Å². The number of carbonyl (C=O) groups is 1. The van der Waals surface area contributed by atoms with Gasteiger partial charge in [-0.15, -0.1) is 0 Å². The minimum absolute atomic E-state index is 0.0489. The van der Waals surface area contributed by atoms with E-state index in [1.54, 1.807) is 0 Å². The largest absolute Gasteiger partial charge is 0.342 e. The average molecular weight is 391 g/mol. The predicted molar refractivity (Wildman–Crippen MR) is 106 cm³/mol. The molecule has 1 aromatic carbocycles. The van der Waals surface area contributed by atoms with Crippen LogP contribution < -0.4 is 4.72 Å². The van der Waals surface area contributed by atoms with Crippen LogP contribution in [0.4, 0.5) is 0 Å². The third-order valence-electron chi connectivity index (χ3n) is 6.47. The van der Waals surface area contributed by atoms with Gasteiger partial charge in [0.2, 0.25) is 15.9 Å². The SMILES string of the molecule is CS(=O)(=O)N[C@@H]1CCCN(C(=O)[C@@H]2C[C@H]2c2ccccc2C2CCC2)CC1. The first-order chi connectivity index (χ1) is 12.9. The van der Waals surface area contributed by atoms with E-state index in [2.05, 4.69) is 29.0 Å². The molecule has 0 bridgehead atoms. The summed E-state index contributed by atoms with van der Waals surface area (Å²) < 4.78 is 25.6. The highest BCUT2D eigenvalue weighted by atomic mass is 32.2. The third-order valence-corrected chi connectivity index (χ3v) is 7.23. The van der Waals surface area contributed by atoms with Crippen LogP contribution in [0.3, 0.4) is 0 Å². The van der Waals surface area contributed by atoms with Crippen LogP contribution in [0, 0.1) is 5.92 Å². The summed E-state index contributed by atoms with van der Waals surface area (Å²) in [6, 6.07) is 8.66. The van der Waals surface area contributed by atoms with Crippen LogP contribution in [0.5, 0.6) is 0 Å². The number of nitrogens with one attached hydrogen (secondary N) is 1. The minimum atomic E-state index is -3.19. The molecule has 1 amide bonds. The number of hydrogen-bond acceptors (Lipinski definition) is 3. The molecular formula is C21H30N2O3S. The Morgan fingerprint density at radius 3 is 2.44 bits per heavy atom. The Bertz CT molecular complexity index is 803. The zero-order valence-corrected chi connectivity index (χ0v) is 16.9. The molecule has 3 aliphatic rings. The smallest absolute Gasteiger partial charge is 0.226 e. The summed E-state index contributed by atoms with van der Waals surface area (Å²) in [5.74, 6) is 1.45. The van der Waals surface area contributed by atoms with Gasteiger partial charge in [-0.2, -0.15) is 0 Å². The molecule has 27 heavy (non-hydrogen) atoms. The lowest BCUT2D eigenvalue weighted by atomic mass is 9.77. The molecule has 1 heterocycles. The predicted octanol–water partition coefficient (Wildman–Crippen LogP) is 2.99. The molecule has 2 saturated carbocycles. The van der Waals surface area contributed by atoms with Crippen LogP contribution in [0.1, 0.15) is 67.9 Å². The van der Waals surface area contributed by atoms with Crippen molar-refractivity contribution in [1.29, 1.82) is 0 Å². The van der Waals surface area contributed by atoms with Crippen molar-refractivity contribution in [3.05, 3.63) is 35.4 Å². The van der Waals surface area contributed by atoms with Gasteiger partial charge in [-0.25, -0.2) is 13.1 Å². The molecule has 1 aliphatic heterocycles. The van der Waals surface area contributed by atoms with Crippen LogP contribution >= 0.6 is 0 Å². The number of sulfonamides is 1. The van der Waals surface area contributed by atoms with Crippen molar-refractivity contribution in [1.82, 2.24) is 9.62 Å². The van der Waals surface area contributed by atoms with Gasteiger partial charge in [0, 0.05) is 25.0 Å². The summed E-state index contributed by atoms with van der Waals surface area (Å²) in [7, 11) is -3.19. The molecule has 0 spiro atoms. The number of hydrogen-bond donors (Lipinski definition) is 1. The first-order valence-corrected chi connectivity index (χ1v) is 12.2. The first kappa shape index (κ1) is 18.9.